The first-order valence-electron chi connectivity index (χ1n) is 9.92. The molecule has 2 aromatic heterocycles. The molecule has 1 aliphatic heterocycles. The van der Waals surface area contributed by atoms with Crippen LogP contribution in [0.2, 0.25) is 0 Å². The van der Waals surface area contributed by atoms with E-state index in [0.29, 0.717) is 22.4 Å². The second kappa shape index (κ2) is 9.09. The summed E-state index contributed by atoms with van der Waals surface area (Å²) in [5, 5.41) is 12.9. The standard InChI is InChI=1S/C22H22FN3O4S/c1-30-22(29)19-18(25-20(28)13-4-2-5-14(23)10-13)17-8-7-15(24-21(17)31-19)11-26-9-3-6-16(26)12-27/h2,4-5,7-8,10,16,27H,3,6,9,11-12H2,1H3,(H,25,28)/t16-/m0/s1. The van der Waals surface area contributed by atoms with E-state index in [-0.39, 0.29) is 23.1 Å². The van der Waals surface area contributed by atoms with Gasteiger partial charge in [-0.1, -0.05) is 6.07 Å². The number of anilines is 1. The number of rotatable bonds is 6. The fraction of sp³-hybridized carbons (Fsp3) is 0.318. The number of fused-ring (bicyclic) bond motifs is 1. The van der Waals surface area contributed by atoms with Crippen LogP contribution in [0.3, 0.4) is 0 Å². The van der Waals surface area contributed by atoms with Crippen LogP contribution in [0.5, 0.6) is 0 Å². The lowest BCUT2D eigenvalue weighted by Gasteiger charge is -2.22. The average molecular weight is 444 g/mol. The van der Waals surface area contributed by atoms with E-state index in [0.717, 1.165) is 42.5 Å². The molecule has 162 valence electrons. The fourth-order valence-electron chi connectivity index (χ4n) is 3.80. The number of thiophene rings is 1. The van der Waals surface area contributed by atoms with E-state index in [2.05, 4.69) is 15.2 Å². The van der Waals surface area contributed by atoms with E-state index in [1.807, 2.05) is 12.1 Å². The summed E-state index contributed by atoms with van der Waals surface area (Å²) in [4.78, 5) is 32.7. The third kappa shape index (κ3) is 4.43. The molecule has 0 bridgehead atoms. The molecule has 1 saturated heterocycles. The number of esters is 1. The molecule has 1 aliphatic rings. The molecule has 2 N–H and O–H groups in total. The number of aliphatic hydroxyl groups is 1. The third-order valence-corrected chi connectivity index (χ3v) is 6.46. The minimum atomic E-state index is -0.584. The Morgan fingerprint density at radius 3 is 2.94 bits per heavy atom. The molecule has 1 aromatic carbocycles. The van der Waals surface area contributed by atoms with E-state index in [1.165, 1.54) is 25.3 Å². The van der Waals surface area contributed by atoms with Crippen molar-refractivity contribution in [3.05, 3.63) is 58.3 Å². The van der Waals surface area contributed by atoms with Gasteiger partial charge in [0.2, 0.25) is 0 Å². The quantitative estimate of drug-likeness (QED) is 0.567. The number of likely N-dealkylation sites (tertiary alicyclic amines) is 1. The van der Waals surface area contributed by atoms with E-state index in [1.54, 1.807) is 0 Å². The van der Waals surface area contributed by atoms with Gasteiger partial charge in [-0.3, -0.25) is 9.69 Å². The van der Waals surface area contributed by atoms with Crippen molar-refractivity contribution >= 4 is 39.1 Å². The number of hydrogen-bond acceptors (Lipinski definition) is 7. The van der Waals surface area contributed by atoms with Gasteiger partial charge in [0.15, 0.2) is 0 Å². The first-order chi connectivity index (χ1) is 15.0. The highest BCUT2D eigenvalue weighted by atomic mass is 32.1. The Morgan fingerprint density at radius 1 is 1.35 bits per heavy atom. The molecule has 3 heterocycles. The predicted molar refractivity (Wildman–Crippen MR) is 116 cm³/mol. The van der Waals surface area contributed by atoms with Crippen molar-refractivity contribution in [1.29, 1.82) is 0 Å². The lowest BCUT2D eigenvalue weighted by atomic mass is 10.2. The normalized spacial score (nSPS) is 16.5. The third-order valence-electron chi connectivity index (χ3n) is 5.38. The SMILES string of the molecule is COC(=O)c1sc2nc(CN3CCC[C@H]3CO)ccc2c1NC(=O)c1cccc(F)c1. The molecule has 9 heteroatoms. The number of nitrogens with zero attached hydrogens (tertiary/aromatic N) is 2. The summed E-state index contributed by atoms with van der Waals surface area (Å²) in [6.07, 6.45) is 2.00. The van der Waals surface area contributed by atoms with Crippen LogP contribution < -0.4 is 5.32 Å². The van der Waals surface area contributed by atoms with E-state index >= 15 is 0 Å². The molecule has 3 aromatic rings. The highest BCUT2D eigenvalue weighted by molar-refractivity contribution is 7.21. The van der Waals surface area contributed by atoms with E-state index in [4.69, 9.17) is 4.74 Å². The zero-order chi connectivity index (χ0) is 22.0. The molecule has 1 atom stereocenters. The molecular weight excluding hydrogens is 421 g/mol. The zero-order valence-electron chi connectivity index (χ0n) is 16.9. The molecule has 1 amide bonds. The smallest absolute Gasteiger partial charge is 0.350 e. The lowest BCUT2D eigenvalue weighted by molar-refractivity contribution is 0.0607. The summed E-state index contributed by atoms with van der Waals surface area (Å²) in [6.45, 7) is 1.61. The van der Waals surface area contributed by atoms with Crippen molar-refractivity contribution in [1.82, 2.24) is 9.88 Å². The minimum Gasteiger partial charge on any atom is -0.465 e. The zero-order valence-corrected chi connectivity index (χ0v) is 17.7. The summed E-state index contributed by atoms with van der Waals surface area (Å²) in [6, 6.07) is 9.12. The minimum absolute atomic E-state index is 0.115. The molecule has 0 aliphatic carbocycles. The fourth-order valence-corrected chi connectivity index (χ4v) is 4.86. The Kier molecular flexibility index (Phi) is 6.26. The first kappa shape index (κ1) is 21.4. The topological polar surface area (TPSA) is 91.8 Å². The van der Waals surface area contributed by atoms with Gasteiger partial charge in [-0.2, -0.15) is 0 Å². The molecule has 0 saturated carbocycles. The van der Waals surface area contributed by atoms with Crippen LogP contribution in [0, 0.1) is 5.82 Å². The summed E-state index contributed by atoms with van der Waals surface area (Å²) in [7, 11) is 1.27. The Hall–Kier alpha value is -2.88. The monoisotopic (exact) mass is 443 g/mol. The lowest BCUT2D eigenvalue weighted by Crippen LogP contribution is -2.31. The van der Waals surface area contributed by atoms with Crippen LogP contribution in [-0.2, 0) is 11.3 Å². The van der Waals surface area contributed by atoms with Crippen molar-refractivity contribution in [2.45, 2.75) is 25.4 Å². The van der Waals surface area contributed by atoms with Crippen LogP contribution in [-0.4, -0.2) is 53.2 Å². The first-order valence-corrected chi connectivity index (χ1v) is 10.7. The Morgan fingerprint density at radius 2 is 2.19 bits per heavy atom. The van der Waals surface area contributed by atoms with Crippen molar-refractivity contribution < 1.29 is 23.8 Å². The van der Waals surface area contributed by atoms with Crippen LogP contribution >= 0.6 is 11.3 Å². The maximum Gasteiger partial charge on any atom is 0.350 e. The number of nitrogens with one attached hydrogen (secondary N) is 1. The van der Waals surface area contributed by atoms with Gasteiger partial charge in [0.05, 0.1) is 25.1 Å². The second-order valence-electron chi connectivity index (χ2n) is 7.37. The number of hydrogen-bond donors (Lipinski definition) is 2. The molecule has 7 nitrogen and oxygen atoms in total. The summed E-state index contributed by atoms with van der Waals surface area (Å²) in [5.74, 6) is -1.64. The Bertz CT molecular complexity index is 1130. The molecule has 0 radical (unpaired) electrons. The number of aliphatic hydroxyl groups excluding tert-OH is 1. The van der Waals surface area contributed by atoms with Crippen LogP contribution in [0.15, 0.2) is 36.4 Å². The van der Waals surface area contributed by atoms with Gasteiger partial charge < -0.3 is 15.2 Å². The second-order valence-corrected chi connectivity index (χ2v) is 8.37. The maximum atomic E-state index is 13.5. The average Bonchev–Trinajstić information content (AvgIpc) is 3.37. The molecule has 0 unspecified atom stereocenters. The summed E-state index contributed by atoms with van der Waals surface area (Å²) < 4.78 is 18.4. The molecule has 4 rings (SSSR count). The number of amides is 1. The Labute approximate surface area is 182 Å². The number of pyridine rings is 1. The van der Waals surface area contributed by atoms with Gasteiger partial charge in [0.25, 0.3) is 5.91 Å². The molecule has 1 fully saturated rings. The number of benzene rings is 1. The molecular formula is C22H22FN3O4S. The van der Waals surface area contributed by atoms with Crippen LogP contribution in [0.4, 0.5) is 10.1 Å². The van der Waals surface area contributed by atoms with Gasteiger partial charge in [-0.25, -0.2) is 14.2 Å². The van der Waals surface area contributed by atoms with Crippen molar-refractivity contribution in [2.24, 2.45) is 0 Å². The maximum absolute atomic E-state index is 13.5. The molecule has 31 heavy (non-hydrogen) atoms. The number of methoxy groups -OCH3 is 1. The van der Waals surface area contributed by atoms with Crippen LogP contribution in [0.25, 0.3) is 10.2 Å². The molecule has 0 spiro atoms. The van der Waals surface area contributed by atoms with Gasteiger partial charge in [-0.05, 0) is 49.7 Å². The van der Waals surface area contributed by atoms with Crippen molar-refractivity contribution in [3.8, 4) is 0 Å². The Balaban J connectivity index is 1.66. The number of aromatic nitrogens is 1. The summed E-state index contributed by atoms with van der Waals surface area (Å²) >= 11 is 1.13. The number of carbonyl (C=O) groups excluding carboxylic acids is 2. The van der Waals surface area contributed by atoms with E-state index in [9.17, 15) is 19.1 Å². The van der Waals surface area contributed by atoms with Crippen molar-refractivity contribution in [2.75, 3.05) is 25.6 Å². The number of halogens is 1. The van der Waals surface area contributed by atoms with Crippen molar-refractivity contribution in [3.63, 3.8) is 0 Å². The highest BCUT2D eigenvalue weighted by Crippen LogP contribution is 2.36. The number of ether oxygens (including phenoxy) is 1. The van der Waals surface area contributed by atoms with Crippen LogP contribution in [0.1, 0.15) is 38.6 Å². The van der Waals surface area contributed by atoms with Gasteiger partial charge in [0.1, 0.15) is 15.5 Å². The number of carbonyl (C=O) groups is 2. The van der Waals surface area contributed by atoms with Gasteiger partial charge >= 0.3 is 5.97 Å². The van der Waals surface area contributed by atoms with E-state index < -0.39 is 17.7 Å². The van der Waals surface area contributed by atoms with Gasteiger partial charge in [0, 0.05) is 23.5 Å². The highest BCUT2D eigenvalue weighted by Gasteiger charge is 2.25. The van der Waals surface area contributed by atoms with Gasteiger partial charge in [-0.15, -0.1) is 11.3 Å². The largest absolute Gasteiger partial charge is 0.465 e. The predicted octanol–water partition coefficient (Wildman–Crippen LogP) is 3.43. The summed E-state index contributed by atoms with van der Waals surface area (Å²) in [5.41, 5.74) is 1.26.